The van der Waals surface area contributed by atoms with E-state index < -0.39 is 0 Å². The predicted molar refractivity (Wildman–Crippen MR) is 93.3 cm³/mol. The van der Waals surface area contributed by atoms with Crippen LogP contribution in [0.2, 0.25) is 5.02 Å². The number of esters is 1. The van der Waals surface area contributed by atoms with Crippen molar-refractivity contribution in [3.8, 4) is 0 Å². The Morgan fingerprint density at radius 1 is 1.17 bits per heavy atom. The Morgan fingerprint density at radius 2 is 1.88 bits per heavy atom. The number of carbonyl (C=O) groups is 2. The first-order valence-corrected chi connectivity index (χ1v) is 8.30. The highest BCUT2D eigenvalue weighted by atomic mass is 35.5. The first-order valence-electron chi connectivity index (χ1n) is 7.92. The van der Waals surface area contributed by atoms with E-state index in [0.717, 1.165) is 12.0 Å². The number of anilines is 1. The van der Waals surface area contributed by atoms with Crippen LogP contribution in [0.15, 0.2) is 48.5 Å². The number of amides is 1. The number of hydrogen-bond acceptors (Lipinski definition) is 3. The van der Waals surface area contributed by atoms with Gasteiger partial charge in [-0.3, -0.25) is 4.79 Å². The molecule has 2 aromatic carbocycles. The molecule has 0 saturated heterocycles. The summed E-state index contributed by atoms with van der Waals surface area (Å²) >= 11 is 6.19. The molecule has 0 radical (unpaired) electrons. The van der Waals surface area contributed by atoms with Crippen LogP contribution in [-0.2, 0) is 9.53 Å². The van der Waals surface area contributed by atoms with E-state index >= 15 is 0 Å². The highest BCUT2D eigenvalue weighted by Gasteiger charge is 2.44. The third kappa shape index (κ3) is 3.60. The van der Waals surface area contributed by atoms with Crippen molar-refractivity contribution in [1.29, 1.82) is 0 Å². The number of halogens is 1. The fraction of sp³-hybridized carbons (Fsp3) is 0.263. The van der Waals surface area contributed by atoms with Crippen molar-refractivity contribution in [3.63, 3.8) is 0 Å². The largest absolute Gasteiger partial charge is 0.462 e. The topological polar surface area (TPSA) is 55.4 Å². The molecule has 0 bridgehead atoms. The lowest BCUT2D eigenvalue weighted by Gasteiger charge is -2.07. The Labute approximate surface area is 145 Å². The summed E-state index contributed by atoms with van der Waals surface area (Å²) in [6, 6.07) is 14.3. The molecule has 124 valence electrons. The summed E-state index contributed by atoms with van der Waals surface area (Å²) in [6.45, 7) is 2.10. The van der Waals surface area contributed by atoms with Crippen LogP contribution in [0.1, 0.15) is 35.2 Å². The average Bonchev–Trinajstić information content (AvgIpc) is 3.37. The van der Waals surface area contributed by atoms with E-state index in [1.54, 1.807) is 31.2 Å². The Hall–Kier alpha value is -2.33. The zero-order valence-corrected chi connectivity index (χ0v) is 14.0. The van der Waals surface area contributed by atoms with E-state index in [4.69, 9.17) is 16.3 Å². The van der Waals surface area contributed by atoms with Crippen LogP contribution < -0.4 is 5.32 Å². The van der Waals surface area contributed by atoms with Gasteiger partial charge in [0, 0.05) is 16.6 Å². The van der Waals surface area contributed by atoms with Crippen LogP contribution in [0.25, 0.3) is 0 Å². The van der Waals surface area contributed by atoms with E-state index in [-0.39, 0.29) is 23.7 Å². The second-order valence-corrected chi connectivity index (χ2v) is 6.16. The number of nitrogens with one attached hydrogen (secondary N) is 1. The van der Waals surface area contributed by atoms with Gasteiger partial charge in [0.1, 0.15) is 0 Å². The third-order valence-electron chi connectivity index (χ3n) is 4.10. The van der Waals surface area contributed by atoms with Gasteiger partial charge < -0.3 is 10.1 Å². The molecule has 1 N–H and O–H groups in total. The van der Waals surface area contributed by atoms with Gasteiger partial charge in [0.15, 0.2) is 0 Å². The summed E-state index contributed by atoms with van der Waals surface area (Å²) in [6.07, 6.45) is 0.802. The van der Waals surface area contributed by atoms with E-state index in [9.17, 15) is 9.59 Å². The fourth-order valence-corrected chi connectivity index (χ4v) is 3.02. The van der Waals surface area contributed by atoms with Crippen molar-refractivity contribution in [1.82, 2.24) is 0 Å². The smallest absolute Gasteiger partial charge is 0.338 e. The van der Waals surface area contributed by atoms with Crippen LogP contribution in [0.4, 0.5) is 5.69 Å². The Kier molecular flexibility index (Phi) is 4.86. The van der Waals surface area contributed by atoms with E-state index in [0.29, 0.717) is 22.9 Å². The van der Waals surface area contributed by atoms with Gasteiger partial charge in [-0.15, -0.1) is 0 Å². The molecule has 1 aliphatic rings. The summed E-state index contributed by atoms with van der Waals surface area (Å²) in [4.78, 5) is 24.0. The molecule has 2 atom stereocenters. The molecule has 0 aromatic heterocycles. The quantitative estimate of drug-likeness (QED) is 0.825. The van der Waals surface area contributed by atoms with Crippen LogP contribution in [0.5, 0.6) is 0 Å². The number of ether oxygens (including phenoxy) is 1. The van der Waals surface area contributed by atoms with Crippen LogP contribution in [-0.4, -0.2) is 18.5 Å². The monoisotopic (exact) mass is 343 g/mol. The third-order valence-corrected chi connectivity index (χ3v) is 4.44. The van der Waals surface area contributed by atoms with Gasteiger partial charge in [0.25, 0.3) is 0 Å². The van der Waals surface area contributed by atoms with E-state index in [1.807, 2.05) is 24.3 Å². The van der Waals surface area contributed by atoms with Gasteiger partial charge in [0.2, 0.25) is 5.91 Å². The number of rotatable bonds is 5. The first kappa shape index (κ1) is 16.5. The predicted octanol–water partition coefficient (Wildman–Crippen LogP) is 4.26. The molecule has 0 aliphatic heterocycles. The first-order chi connectivity index (χ1) is 11.6. The summed E-state index contributed by atoms with van der Waals surface area (Å²) in [5.74, 6) is -0.271. The minimum atomic E-state index is -0.364. The highest BCUT2D eigenvalue weighted by molar-refractivity contribution is 6.31. The number of hydrogen-bond donors (Lipinski definition) is 1. The molecule has 4 nitrogen and oxygen atoms in total. The molecule has 0 heterocycles. The lowest BCUT2D eigenvalue weighted by molar-refractivity contribution is -0.117. The second kappa shape index (κ2) is 7.05. The van der Waals surface area contributed by atoms with Crippen LogP contribution in [0.3, 0.4) is 0 Å². The minimum Gasteiger partial charge on any atom is -0.462 e. The van der Waals surface area contributed by atoms with Crippen molar-refractivity contribution in [3.05, 3.63) is 64.7 Å². The van der Waals surface area contributed by atoms with Gasteiger partial charge in [-0.1, -0.05) is 29.8 Å². The zero-order valence-electron chi connectivity index (χ0n) is 13.3. The van der Waals surface area contributed by atoms with Crippen LogP contribution in [0, 0.1) is 5.92 Å². The minimum absolute atomic E-state index is 0.0243. The Balaban J connectivity index is 1.60. The molecule has 3 rings (SSSR count). The highest BCUT2D eigenvalue weighted by Crippen LogP contribution is 2.49. The Morgan fingerprint density at radius 3 is 2.54 bits per heavy atom. The van der Waals surface area contributed by atoms with Crippen molar-refractivity contribution in [2.75, 3.05) is 11.9 Å². The number of carbonyl (C=O) groups excluding carboxylic acids is 2. The summed E-state index contributed by atoms with van der Waals surface area (Å²) in [5, 5.41) is 3.59. The van der Waals surface area contributed by atoms with Gasteiger partial charge in [0.05, 0.1) is 12.2 Å². The maximum absolute atomic E-state index is 12.3. The Bertz CT molecular complexity index is 757. The lowest BCUT2D eigenvalue weighted by atomic mass is 10.1. The van der Waals surface area contributed by atoms with Crippen molar-refractivity contribution in [2.45, 2.75) is 19.3 Å². The molecule has 0 spiro atoms. The molecule has 1 saturated carbocycles. The molecular formula is C19H18ClNO3. The fourth-order valence-electron chi connectivity index (χ4n) is 2.74. The number of benzene rings is 2. The van der Waals surface area contributed by atoms with Crippen LogP contribution >= 0.6 is 11.6 Å². The molecule has 1 aliphatic carbocycles. The molecule has 1 amide bonds. The molecular weight excluding hydrogens is 326 g/mol. The molecule has 2 unspecified atom stereocenters. The molecule has 24 heavy (non-hydrogen) atoms. The maximum Gasteiger partial charge on any atom is 0.338 e. The van der Waals surface area contributed by atoms with Crippen molar-refractivity contribution in [2.24, 2.45) is 5.92 Å². The second-order valence-electron chi connectivity index (χ2n) is 5.76. The normalized spacial score (nSPS) is 18.8. The lowest BCUT2D eigenvalue weighted by Crippen LogP contribution is -2.14. The maximum atomic E-state index is 12.3. The summed E-state index contributed by atoms with van der Waals surface area (Å²) in [7, 11) is 0. The molecule has 2 aromatic rings. The van der Waals surface area contributed by atoms with Gasteiger partial charge >= 0.3 is 5.97 Å². The molecule has 1 fully saturated rings. The van der Waals surface area contributed by atoms with E-state index in [2.05, 4.69) is 5.32 Å². The standard InChI is InChI=1S/C19H18ClNO3/c1-2-24-19(23)12-7-9-13(10-8-12)21-18(22)16-11-15(16)14-5-3-4-6-17(14)20/h3-10,15-16H,2,11H2,1H3,(H,21,22). The van der Waals surface area contributed by atoms with Gasteiger partial charge in [-0.05, 0) is 55.2 Å². The van der Waals surface area contributed by atoms with E-state index in [1.165, 1.54) is 0 Å². The molecule has 5 heteroatoms. The zero-order chi connectivity index (χ0) is 17.1. The SMILES string of the molecule is CCOC(=O)c1ccc(NC(=O)C2CC2c2ccccc2Cl)cc1. The van der Waals surface area contributed by atoms with Crippen molar-refractivity contribution >= 4 is 29.2 Å². The van der Waals surface area contributed by atoms with Gasteiger partial charge in [-0.2, -0.15) is 0 Å². The summed E-state index contributed by atoms with van der Waals surface area (Å²) < 4.78 is 4.93. The average molecular weight is 344 g/mol. The van der Waals surface area contributed by atoms with Crippen molar-refractivity contribution < 1.29 is 14.3 Å². The van der Waals surface area contributed by atoms with Gasteiger partial charge in [-0.25, -0.2) is 4.79 Å². The summed E-state index contributed by atoms with van der Waals surface area (Å²) in [5.41, 5.74) is 2.16.